The Balaban J connectivity index is 3.12. The van der Waals surface area contributed by atoms with Crippen LogP contribution in [-0.2, 0) is 20.4 Å². The van der Waals surface area contributed by atoms with Crippen LogP contribution in [0.15, 0.2) is 34.3 Å². The van der Waals surface area contributed by atoms with Crippen molar-refractivity contribution in [3.63, 3.8) is 0 Å². The van der Waals surface area contributed by atoms with E-state index < -0.39 is 0 Å². The van der Waals surface area contributed by atoms with Crippen LogP contribution in [0.2, 0.25) is 0 Å². The maximum atomic E-state index is 10.3. The lowest BCUT2D eigenvalue weighted by Crippen LogP contribution is -2.25. The van der Waals surface area contributed by atoms with Crippen LogP contribution in [0.5, 0.6) is 0 Å². The predicted molar refractivity (Wildman–Crippen MR) is 78.5 cm³/mol. The first kappa shape index (κ1) is 16.0. The molecular formula is C16H20N2O2. The Morgan fingerprint density at radius 3 is 1.65 bits per heavy atom. The van der Waals surface area contributed by atoms with Gasteiger partial charge in [0.05, 0.1) is 13.1 Å². The zero-order chi connectivity index (χ0) is 15.2. The predicted octanol–water partition coefficient (Wildman–Crippen LogP) is 2.91. The fourth-order valence-electron chi connectivity index (χ4n) is 2.00. The van der Waals surface area contributed by atoms with E-state index in [0.29, 0.717) is 13.1 Å². The summed E-state index contributed by atoms with van der Waals surface area (Å²) in [6, 6.07) is 8.09. The molecule has 0 saturated heterocycles. The van der Waals surface area contributed by atoms with Crippen LogP contribution in [0, 0.1) is 0 Å². The van der Waals surface area contributed by atoms with Crippen molar-refractivity contribution < 1.29 is 9.59 Å². The molecule has 4 nitrogen and oxygen atoms in total. The molecule has 0 N–H and O–H groups in total. The minimum absolute atomic E-state index is 0.239. The molecule has 1 aromatic rings. The van der Waals surface area contributed by atoms with Gasteiger partial charge >= 0.3 is 0 Å². The van der Waals surface area contributed by atoms with Crippen molar-refractivity contribution in [1.29, 1.82) is 0 Å². The summed E-state index contributed by atoms with van der Waals surface area (Å²) in [5.41, 5.74) is 1.71. The summed E-state index contributed by atoms with van der Waals surface area (Å²) in [4.78, 5) is 27.9. The Morgan fingerprint density at radius 1 is 0.900 bits per heavy atom. The van der Waals surface area contributed by atoms with Crippen LogP contribution in [0.4, 0.5) is 0 Å². The van der Waals surface area contributed by atoms with E-state index in [1.807, 2.05) is 45.9 Å². The first-order valence-corrected chi connectivity index (χ1v) is 6.52. The Kier molecular flexibility index (Phi) is 5.15. The molecule has 0 aliphatic heterocycles. The van der Waals surface area contributed by atoms with Gasteiger partial charge in [-0.1, -0.05) is 52.0 Å². The number of rotatable bonds is 6. The van der Waals surface area contributed by atoms with Crippen molar-refractivity contribution in [2.75, 3.05) is 13.1 Å². The standard InChI is InChI=1S/C16H20N2O2/c1-15(2,9-17-11-19)13-6-5-7-14(8-13)16(3,4)10-18-12-20/h5-8H,9-10H2,1-4H3. The van der Waals surface area contributed by atoms with Gasteiger partial charge in [-0.25, -0.2) is 19.6 Å². The van der Waals surface area contributed by atoms with Gasteiger partial charge in [-0.15, -0.1) is 0 Å². The van der Waals surface area contributed by atoms with Crippen LogP contribution in [0.25, 0.3) is 0 Å². The molecule has 106 valence electrons. The second kappa shape index (κ2) is 6.42. The third-order valence-electron chi connectivity index (χ3n) is 3.50. The highest BCUT2D eigenvalue weighted by Gasteiger charge is 2.25. The quantitative estimate of drug-likeness (QED) is 0.590. The van der Waals surface area contributed by atoms with E-state index in [-0.39, 0.29) is 10.8 Å². The molecule has 0 unspecified atom stereocenters. The van der Waals surface area contributed by atoms with Crippen molar-refractivity contribution in [2.45, 2.75) is 38.5 Å². The van der Waals surface area contributed by atoms with Gasteiger partial charge in [0.2, 0.25) is 12.2 Å². The summed E-state index contributed by atoms with van der Waals surface area (Å²) in [6.45, 7) is 8.92. The fourth-order valence-corrected chi connectivity index (χ4v) is 2.00. The second-order valence-corrected chi connectivity index (χ2v) is 6.16. The molecule has 0 aromatic heterocycles. The number of nitrogens with zero attached hydrogens (tertiary/aromatic N) is 2. The topological polar surface area (TPSA) is 58.9 Å². The number of isocyanates is 2. The zero-order valence-corrected chi connectivity index (χ0v) is 12.4. The van der Waals surface area contributed by atoms with Crippen molar-refractivity contribution in [3.8, 4) is 0 Å². The Morgan fingerprint density at radius 2 is 1.30 bits per heavy atom. The van der Waals surface area contributed by atoms with Crippen LogP contribution in [0.1, 0.15) is 38.8 Å². The van der Waals surface area contributed by atoms with Gasteiger partial charge in [0.15, 0.2) is 0 Å². The molecule has 0 heterocycles. The summed E-state index contributed by atoms with van der Waals surface area (Å²) >= 11 is 0. The summed E-state index contributed by atoms with van der Waals surface area (Å²) in [5, 5.41) is 0. The van der Waals surface area contributed by atoms with Gasteiger partial charge in [-0.3, -0.25) is 0 Å². The molecule has 0 saturated carbocycles. The van der Waals surface area contributed by atoms with E-state index >= 15 is 0 Å². The van der Waals surface area contributed by atoms with E-state index in [2.05, 4.69) is 16.1 Å². The largest absolute Gasteiger partial charge is 0.234 e. The van der Waals surface area contributed by atoms with E-state index in [0.717, 1.165) is 11.1 Å². The maximum Gasteiger partial charge on any atom is 0.234 e. The lowest BCUT2D eigenvalue weighted by molar-refractivity contribution is 0.512. The summed E-state index contributed by atoms with van der Waals surface area (Å²) in [6.07, 6.45) is 3.17. The maximum absolute atomic E-state index is 10.3. The van der Waals surface area contributed by atoms with Gasteiger partial charge in [0.1, 0.15) is 0 Å². The molecule has 0 spiro atoms. The minimum atomic E-state index is -0.239. The summed E-state index contributed by atoms with van der Waals surface area (Å²) < 4.78 is 0. The van der Waals surface area contributed by atoms with Crippen LogP contribution in [-0.4, -0.2) is 25.2 Å². The summed E-state index contributed by atoms with van der Waals surface area (Å²) in [5.74, 6) is 0. The average Bonchev–Trinajstić information content (AvgIpc) is 2.43. The average molecular weight is 272 g/mol. The molecule has 0 radical (unpaired) electrons. The van der Waals surface area contributed by atoms with Gasteiger partial charge in [0, 0.05) is 10.8 Å². The molecule has 0 fully saturated rings. The van der Waals surface area contributed by atoms with E-state index in [1.54, 1.807) is 12.2 Å². The van der Waals surface area contributed by atoms with Gasteiger partial charge in [-0.2, -0.15) is 0 Å². The number of aliphatic imine (C=N–C) groups is 2. The van der Waals surface area contributed by atoms with Crippen molar-refractivity contribution in [3.05, 3.63) is 35.4 Å². The molecule has 1 rings (SSSR count). The second-order valence-electron chi connectivity index (χ2n) is 6.16. The van der Waals surface area contributed by atoms with Crippen molar-refractivity contribution in [2.24, 2.45) is 9.98 Å². The highest BCUT2D eigenvalue weighted by Crippen LogP contribution is 2.29. The molecule has 0 aliphatic rings. The highest BCUT2D eigenvalue weighted by molar-refractivity contribution is 5.37. The molecule has 20 heavy (non-hydrogen) atoms. The van der Waals surface area contributed by atoms with Gasteiger partial charge in [-0.05, 0) is 11.1 Å². The number of hydrogen-bond acceptors (Lipinski definition) is 4. The first-order chi connectivity index (χ1) is 9.33. The monoisotopic (exact) mass is 272 g/mol. The van der Waals surface area contributed by atoms with E-state index in [1.165, 1.54) is 0 Å². The molecule has 0 amide bonds. The van der Waals surface area contributed by atoms with Crippen LogP contribution in [0.3, 0.4) is 0 Å². The number of benzene rings is 1. The fraction of sp³-hybridized carbons (Fsp3) is 0.500. The Bertz CT molecular complexity index is 516. The van der Waals surface area contributed by atoms with Crippen molar-refractivity contribution >= 4 is 12.2 Å². The van der Waals surface area contributed by atoms with Crippen molar-refractivity contribution in [1.82, 2.24) is 0 Å². The highest BCUT2D eigenvalue weighted by atomic mass is 16.1. The Hall–Kier alpha value is -2.02. The molecular weight excluding hydrogens is 252 g/mol. The van der Waals surface area contributed by atoms with Gasteiger partial charge in [0.25, 0.3) is 0 Å². The molecule has 4 heteroatoms. The minimum Gasteiger partial charge on any atom is -0.211 e. The smallest absolute Gasteiger partial charge is 0.211 e. The van der Waals surface area contributed by atoms with E-state index in [4.69, 9.17) is 0 Å². The normalized spacial score (nSPS) is 11.4. The van der Waals surface area contributed by atoms with Gasteiger partial charge < -0.3 is 0 Å². The van der Waals surface area contributed by atoms with Crippen LogP contribution >= 0.6 is 0 Å². The summed E-state index contributed by atoms with van der Waals surface area (Å²) in [7, 11) is 0. The SMILES string of the molecule is CC(C)(CN=C=O)c1cccc(C(C)(C)CN=C=O)c1. The molecule has 0 atom stereocenters. The van der Waals surface area contributed by atoms with Crippen LogP contribution < -0.4 is 0 Å². The van der Waals surface area contributed by atoms with E-state index in [9.17, 15) is 9.59 Å². The lowest BCUT2D eigenvalue weighted by atomic mass is 9.79. The zero-order valence-electron chi connectivity index (χ0n) is 12.4. The lowest BCUT2D eigenvalue weighted by Gasteiger charge is -2.27. The Labute approximate surface area is 119 Å². The third kappa shape index (κ3) is 3.99. The third-order valence-corrected chi connectivity index (χ3v) is 3.50. The number of carbonyl (C=O) groups excluding carboxylic acids is 2. The first-order valence-electron chi connectivity index (χ1n) is 6.52. The number of hydrogen-bond donors (Lipinski definition) is 0. The molecule has 0 bridgehead atoms. The molecule has 0 aliphatic carbocycles. The molecule has 1 aromatic carbocycles.